The quantitative estimate of drug-likeness (QED) is 0.635. The zero-order chi connectivity index (χ0) is 15.4. The predicted molar refractivity (Wildman–Crippen MR) is 84.9 cm³/mol. The minimum absolute atomic E-state index is 0.0860. The molecule has 0 fully saturated rings. The molecule has 1 aromatic carbocycles. The van der Waals surface area contributed by atoms with E-state index in [1.54, 1.807) is 14.2 Å². The lowest BCUT2D eigenvalue weighted by Crippen LogP contribution is -2.11. The van der Waals surface area contributed by atoms with E-state index in [1.165, 1.54) is 11.3 Å². The Morgan fingerprint density at radius 1 is 1.29 bits per heavy atom. The van der Waals surface area contributed by atoms with E-state index in [-0.39, 0.29) is 5.84 Å². The highest BCUT2D eigenvalue weighted by atomic mass is 32.1. The van der Waals surface area contributed by atoms with E-state index < -0.39 is 0 Å². The Hall–Kier alpha value is -2.08. The summed E-state index contributed by atoms with van der Waals surface area (Å²) in [7, 11) is 3.24. The summed E-state index contributed by atoms with van der Waals surface area (Å²) in [6.45, 7) is 2.02. The van der Waals surface area contributed by atoms with Crippen molar-refractivity contribution >= 4 is 17.2 Å². The molecule has 0 aliphatic carbocycles. The maximum Gasteiger partial charge on any atom is 0.160 e. The van der Waals surface area contributed by atoms with Gasteiger partial charge < -0.3 is 15.2 Å². The number of nitrogens with zero attached hydrogens (tertiary/aromatic N) is 1. The third kappa shape index (κ3) is 3.33. The maximum absolute atomic E-state index is 7.60. The van der Waals surface area contributed by atoms with Crippen LogP contribution in [0.3, 0.4) is 0 Å². The first kappa shape index (κ1) is 15.3. The van der Waals surface area contributed by atoms with Gasteiger partial charge in [0, 0.05) is 6.42 Å². The van der Waals surface area contributed by atoms with Crippen LogP contribution in [0.4, 0.5) is 0 Å². The van der Waals surface area contributed by atoms with Crippen molar-refractivity contribution in [3.05, 3.63) is 39.3 Å². The first-order chi connectivity index (χ1) is 10.1. The number of amidine groups is 1. The molecule has 0 saturated carbocycles. The fourth-order valence-electron chi connectivity index (χ4n) is 2.09. The fraction of sp³-hybridized carbons (Fsp3) is 0.333. The molecule has 3 N–H and O–H groups in total. The number of hydrogen-bond acceptors (Lipinski definition) is 5. The van der Waals surface area contributed by atoms with Crippen LogP contribution in [0.2, 0.25) is 0 Å². The van der Waals surface area contributed by atoms with E-state index >= 15 is 0 Å². The number of rotatable bonds is 6. The molecule has 0 radical (unpaired) electrons. The van der Waals surface area contributed by atoms with Crippen molar-refractivity contribution in [2.75, 3.05) is 14.2 Å². The van der Waals surface area contributed by atoms with E-state index in [9.17, 15) is 0 Å². The van der Waals surface area contributed by atoms with Crippen molar-refractivity contribution in [2.45, 2.75) is 19.8 Å². The second-order valence-corrected chi connectivity index (χ2v) is 5.60. The third-order valence-corrected chi connectivity index (χ3v) is 4.26. The first-order valence-corrected chi connectivity index (χ1v) is 7.44. The van der Waals surface area contributed by atoms with Crippen molar-refractivity contribution in [1.82, 2.24) is 4.98 Å². The van der Waals surface area contributed by atoms with Gasteiger partial charge in [-0.3, -0.25) is 5.41 Å². The van der Waals surface area contributed by atoms with E-state index in [1.807, 2.05) is 25.1 Å². The lowest BCUT2D eigenvalue weighted by atomic mass is 10.1. The molecule has 1 heterocycles. The van der Waals surface area contributed by atoms with Gasteiger partial charge in [-0.1, -0.05) is 13.0 Å². The van der Waals surface area contributed by atoms with Crippen molar-refractivity contribution in [3.8, 4) is 11.5 Å². The number of ether oxygens (including phenoxy) is 2. The topological polar surface area (TPSA) is 81.2 Å². The normalized spacial score (nSPS) is 10.4. The Kier molecular flexibility index (Phi) is 4.80. The molecule has 5 nitrogen and oxygen atoms in total. The van der Waals surface area contributed by atoms with Gasteiger partial charge in [-0.15, -0.1) is 11.3 Å². The summed E-state index contributed by atoms with van der Waals surface area (Å²) in [6, 6.07) is 5.81. The number of methoxy groups -OCH3 is 2. The number of benzene rings is 1. The number of hydrogen-bond donors (Lipinski definition) is 2. The second kappa shape index (κ2) is 6.58. The van der Waals surface area contributed by atoms with Crippen LogP contribution in [-0.4, -0.2) is 25.0 Å². The van der Waals surface area contributed by atoms with Gasteiger partial charge in [0.25, 0.3) is 0 Å². The van der Waals surface area contributed by atoms with Crippen LogP contribution in [0.15, 0.2) is 18.2 Å². The first-order valence-electron chi connectivity index (χ1n) is 6.62. The van der Waals surface area contributed by atoms with Gasteiger partial charge in [-0.2, -0.15) is 0 Å². The molecule has 6 heteroatoms. The van der Waals surface area contributed by atoms with Crippen LogP contribution in [0.5, 0.6) is 11.5 Å². The van der Waals surface area contributed by atoms with Gasteiger partial charge in [0.1, 0.15) is 5.84 Å². The molecule has 112 valence electrons. The smallest absolute Gasteiger partial charge is 0.160 e. The standard InChI is InChI=1S/C15H19N3O2S/c1-4-10-14(15(16)17)21-13(18-10)8-9-5-6-11(19-2)12(7-9)20-3/h5-7H,4,8H2,1-3H3,(H3,16,17). The van der Waals surface area contributed by atoms with Crippen molar-refractivity contribution in [2.24, 2.45) is 5.73 Å². The van der Waals surface area contributed by atoms with E-state index in [4.69, 9.17) is 20.6 Å². The molecule has 0 amide bonds. The van der Waals surface area contributed by atoms with Crippen LogP contribution in [0.25, 0.3) is 0 Å². The van der Waals surface area contributed by atoms with Gasteiger partial charge in [-0.05, 0) is 24.1 Å². The largest absolute Gasteiger partial charge is 0.493 e. The SMILES string of the molecule is CCc1nc(Cc2ccc(OC)c(OC)c2)sc1C(=N)N. The highest BCUT2D eigenvalue weighted by Crippen LogP contribution is 2.29. The van der Waals surface area contributed by atoms with Crippen LogP contribution in [-0.2, 0) is 12.8 Å². The molecule has 21 heavy (non-hydrogen) atoms. The molecule has 0 spiro atoms. The maximum atomic E-state index is 7.60. The average Bonchev–Trinajstić information content (AvgIpc) is 2.90. The molecule has 2 rings (SSSR count). The number of nitrogen functional groups attached to an aromatic ring is 1. The lowest BCUT2D eigenvalue weighted by Gasteiger charge is -2.08. The number of nitrogens with two attached hydrogens (primary N) is 1. The Labute approximate surface area is 128 Å². The summed E-state index contributed by atoms with van der Waals surface area (Å²) in [5.41, 5.74) is 7.57. The highest BCUT2D eigenvalue weighted by molar-refractivity contribution is 7.13. The fourth-order valence-corrected chi connectivity index (χ4v) is 3.14. The van der Waals surface area contributed by atoms with Crippen molar-refractivity contribution < 1.29 is 9.47 Å². The number of aromatic nitrogens is 1. The molecule has 0 bridgehead atoms. The van der Waals surface area contributed by atoms with Gasteiger partial charge in [0.2, 0.25) is 0 Å². The Morgan fingerprint density at radius 2 is 2.00 bits per heavy atom. The number of aryl methyl sites for hydroxylation is 1. The third-order valence-electron chi connectivity index (χ3n) is 3.12. The minimum atomic E-state index is 0.0860. The van der Waals surface area contributed by atoms with Crippen LogP contribution in [0, 0.1) is 5.41 Å². The van der Waals surface area contributed by atoms with Gasteiger partial charge in [0.05, 0.1) is 29.8 Å². The summed E-state index contributed by atoms with van der Waals surface area (Å²) in [4.78, 5) is 5.34. The molecule has 0 atom stereocenters. The summed E-state index contributed by atoms with van der Waals surface area (Å²) in [6.07, 6.45) is 1.46. The van der Waals surface area contributed by atoms with Gasteiger partial charge >= 0.3 is 0 Å². The predicted octanol–water partition coefficient (Wildman–Crippen LogP) is 2.60. The zero-order valence-corrected chi connectivity index (χ0v) is 13.2. The lowest BCUT2D eigenvalue weighted by molar-refractivity contribution is 0.354. The second-order valence-electron chi connectivity index (χ2n) is 4.52. The van der Waals surface area contributed by atoms with E-state index in [0.717, 1.165) is 27.6 Å². The zero-order valence-electron chi connectivity index (χ0n) is 12.4. The Bertz CT molecular complexity index is 652. The number of nitrogens with one attached hydrogen (secondary N) is 1. The summed E-state index contributed by atoms with van der Waals surface area (Å²) >= 11 is 1.48. The molecule has 1 aromatic heterocycles. The molecule has 2 aromatic rings. The highest BCUT2D eigenvalue weighted by Gasteiger charge is 2.13. The van der Waals surface area contributed by atoms with Crippen LogP contribution >= 0.6 is 11.3 Å². The molecular formula is C15H19N3O2S. The van der Waals surface area contributed by atoms with E-state index in [2.05, 4.69) is 4.98 Å². The van der Waals surface area contributed by atoms with Crippen LogP contribution < -0.4 is 15.2 Å². The summed E-state index contributed by atoms with van der Waals surface area (Å²) in [5, 5.41) is 8.55. The van der Waals surface area contributed by atoms with Crippen molar-refractivity contribution in [3.63, 3.8) is 0 Å². The number of thiazole rings is 1. The molecule has 0 aliphatic rings. The summed E-state index contributed by atoms with van der Waals surface area (Å²) < 4.78 is 10.5. The minimum Gasteiger partial charge on any atom is -0.493 e. The van der Waals surface area contributed by atoms with Crippen molar-refractivity contribution in [1.29, 1.82) is 5.41 Å². The monoisotopic (exact) mass is 305 g/mol. The Balaban J connectivity index is 2.28. The molecule has 0 saturated heterocycles. The van der Waals surface area contributed by atoms with Crippen LogP contribution in [0.1, 0.15) is 28.1 Å². The summed E-state index contributed by atoms with van der Waals surface area (Å²) in [5.74, 6) is 1.50. The van der Waals surface area contributed by atoms with Gasteiger partial charge in [0.15, 0.2) is 11.5 Å². The molecule has 0 aliphatic heterocycles. The molecular weight excluding hydrogens is 286 g/mol. The van der Waals surface area contributed by atoms with Gasteiger partial charge in [-0.25, -0.2) is 4.98 Å². The Morgan fingerprint density at radius 3 is 2.52 bits per heavy atom. The molecule has 0 unspecified atom stereocenters. The van der Waals surface area contributed by atoms with E-state index in [0.29, 0.717) is 17.9 Å². The average molecular weight is 305 g/mol.